The summed E-state index contributed by atoms with van der Waals surface area (Å²) in [5.74, 6) is 0.227. The second-order valence-electron chi connectivity index (χ2n) is 9.73. The molecule has 1 unspecified atom stereocenters. The van der Waals surface area contributed by atoms with Gasteiger partial charge < -0.3 is 14.8 Å². The van der Waals surface area contributed by atoms with Crippen LogP contribution in [0.3, 0.4) is 0 Å². The molecule has 2 aliphatic rings. The minimum absolute atomic E-state index is 0.120. The van der Waals surface area contributed by atoms with Crippen molar-refractivity contribution in [2.24, 2.45) is 5.92 Å². The first-order valence-corrected chi connectivity index (χ1v) is 11.7. The topological polar surface area (TPSA) is 67.2 Å². The van der Waals surface area contributed by atoms with Gasteiger partial charge in [0.1, 0.15) is 11.4 Å². The highest BCUT2D eigenvalue weighted by Gasteiger charge is 2.48. The molecule has 6 nitrogen and oxygen atoms in total. The monoisotopic (exact) mass is 448 g/mol. The summed E-state index contributed by atoms with van der Waals surface area (Å²) in [6.45, 7) is 4.58. The van der Waals surface area contributed by atoms with Gasteiger partial charge >= 0.3 is 0 Å². The van der Waals surface area contributed by atoms with Crippen molar-refractivity contribution in [3.8, 4) is 0 Å². The average Bonchev–Trinajstić information content (AvgIpc) is 3.18. The molecule has 2 heterocycles. The van der Waals surface area contributed by atoms with E-state index in [0.29, 0.717) is 18.3 Å². The zero-order valence-electron chi connectivity index (χ0n) is 19.1. The Morgan fingerprint density at radius 2 is 1.82 bits per heavy atom. The van der Waals surface area contributed by atoms with Gasteiger partial charge in [-0.1, -0.05) is 31.2 Å². The second-order valence-corrected chi connectivity index (χ2v) is 9.73. The summed E-state index contributed by atoms with van der Waals surface area (Å²) in [6.07, 6.45) is 4.09. The van der Waals surface area contributed by atoms with E-state index in [4.69, 9.17) is 0 Å². The Morgan fingerprint density at radius 3 is 2.55 bits per heavy atom. The first kappa shape index (κ1) is 21.6. The SMILES string of the molecule is CC1CCC(NC(=O)C2(C)Cn3c(nc4ccccc43)C(=O)N2Cc2ccc(F)cc2)CC1. The fourth-order valence-corrected chi connectivity index (χ4v) is 5.10. The van der Waals surface area contributed by atoms with Gasteiger partial charge in [0.05, 0.1) is 17.6 Å². The van der Waals surface area contributed by atoms with Crippen LogP contribution < -0.4 is 5.32 Å². The molecule has 2 amide bonds. The zero-order valence-corrected chi connectivity index (χ0v) is 19.1. The molecule has 172 valence electrons. The van der Waals surface area contributed by atoms with E-state index in [1.807, 2.05) is 35.8 Å². The Labute approximate surface area is 192 Å². The number of hydrogen-bond donors (Lipinski definition) is 1. The van der Waals surface area contributed by atoms with Crippen molar-refractivity contribution < 1.29 is 14.0 Å². The van der Waals surface area contributed by atoms with Crippen LogP contribution in [0.2, 0.25) is 0 Å². The van der Waals surface area contributed by atoms with Gasteiger partial charge in [0.15, 0.2) is 5.82 Å². The molecule has 0 bridgehead atoms. The molecule has 2 aromatic carbocycles. The van der Waals surface area contributed by atoms with Gasteiger partial charge in [-0.2, -0.15) is 0 Å². The van der Waals surface area contributed by atoms with E-state index >= 15 is 0 Å². The molecule has 0 radical (unpaired) electrons. The number of carbonyl (C=O) groups is 2. The van der Waals surface area contributed by atoms with Crippen molar-refractivity contribution in [1.29, 1.82) is 0 Å². The molecule has 33 heavy (non-hydrogen) atoms. The summed E-state index contributed by atoms with van der Waals surface area (Å²) in [6, 6.07) is 13.8. The summed E-state index contributed by atoms with van der Waals surface area (Å²) < 4.78 is 15.3. The minimum atomic E-state index is -1.11. The Hall–Kier alpha value is -3.22. The summed E-state index contributed by atoms with van der Waals surface area (Å²) in [5.41, 5.74) is 1.23. The van der Waals surface area contributed by atoms with Crippen LogP contribution in [0.5, 0.6) is 0 Å². The molecule has 7 heteroatoms. The van der Waals surface area contributed by atoms with E-state index in [0.717, 1.165) is 42.3 Å². The smallest absolute Gasteiger partial charge is 0.291 e. The number of halogens is 1. The first-order chi connectivity index (χ1) is 15.8. The Morgan fingerprint density at radius 1 is 1.12 bits per heavy atom. The van der Waals surface area contributed by atoms with Crippen molar-refractivity contribution in [2.75, 3.05) is 0 Å². The Bertz CT molecular complexity index is 1200. The maximum Gasteiger partial charge on any atom is 0.291 e. The summed E-state index contributed by atoms with van der Waals surface area (Å²) in [5, 5.41) is 3.24. The van der Waals surface area contributed by atoms with Gasteiger partial charge in [-0.3, -0.25) is 9.59 Å². The van der Waals surface area contributed by atoms with Gasteiger partial charge in [0, 0.05) is 12.6 Å². The first-order valence-electron chi connectivity index (χ1n) is 11.7. The highest BCUT2D eigenvalue weighted by Crippen LogP contribution is 2.33. The van der Waals surface area contributed by atoms with Crippen molar-refractivity contribution in [2.45, 2.75) is 64.2 Å². The number of amides is 2. The molecule has 0 saturated heterocycles. The number of hydrogen-bond acceptors (Lipinski definition) is 3. The Balaban J connectivity index is 1.52. The molecule has 1 atom stereocenters. The number of para-hydroxylation sites is 2. The molecular formula is C26H29FN4O2. The Kier molecular flexibility index (Phi) is 5.43. The lowest BCUT2D eigenvalue weighted by Gasteiger charge is -2.44. The molecule has 1 saturated carbocycles. The largest absolute Gasteiger partial charge is 0.351 e. The van der Waals surface area contributed by atoms with Crippen molar-refractivity contribution in [3.63, 3.8) is 0 Å². The van der Waals surface area contributed by atoms with E-state index in [2.05, 4.69) is 17.2 Å². The number of fused-ring (bicyclic) bond motifs is 3. The normalized spacial score (nSPS) is 25.2. The van der Waals surface area contributed by atoms with E-state index in [9.17, 15) is 14.0 Å². The van der Waals surface area contributed by atoms with Crippen LogP contribution in [0.1, 0.15) is 55.7 Å². The molecule has 1 N–H and O–H groups in total. The van der Waals surface area contributed by atoms with Crippen LogP contribution in [0, 0.1) is 11.7 Å². The predicted octanol–water partition coefficient (Wildman–Crippen LogP) is 4.29. The molecule has 1 aliphatic carbocycles. The zero-order chi connectivity index (χ0) is 23.2. The van der Waals surface area contributed by atoms with Gasteiger partial charge in [0.2, 0.25) is 5.91 Å². The number of aromatic nitrogens is 2. The highest BCUT2D eigenvalue weighted by atomic mass is 19.1. The van der Waals surface area contributed by atoms with Crippen LogP contribution in [0.25, 0.3) is 11.0 Å². The van der Waals surface area contributed by atoms with E-state index in [1.54, 1.807) is 17.0 Å². The van der Waals surface area contributed by atoms with Crippen LogP contribution in [0.15, 0.2) is 48.5 Å². The van der Waals surface area contributed by atoms with E-state index < -0.39 is 5.54 Å². The molecule has 1 fully saturated rings. The van der Waals surface area contributed by atoms with Crippen molar-refractivity contribution in [3.05, 3.63) is 65.7 Å². The fraction of sp³-hybridized carbons (Fsp3) is 0.423. The number of nitrogens with one attached hydrogen (secondary N) is 1. The summed E-state index contributed by atoms with van der Waals surface area (Å²) >= 11 is 0. The minimum Gasteiger partial charge on any atom is -0.351 e. The van der Waals surface area contributed by atoms with Crippen LogP contribution in [0.4, 0.5) is 4.39 Å². The third kappa shape index (κ3) is 3.90. The van der Waals surface area contributed by atoms with Gasteiger partial charge in [0.25, 0.3) is 5.91 Å². The van der Waals surface area contributed by atoms with Crippen molar-refractivity contribution >= 4 is 22.8 Å². The molecule has 5 rings (SSSR count). The fourth-order valence-electron chi connectivity index (χ4n) is 5.10. The van der Waals surface area contributed by atoms with Crippen molar-refractivity contribution in [1.82, 2.24) is 19.8 Å². The number of carbonyl (C=O) groups excluding carboxylic acids is 2. The number of benzene rings is 2. The number of nitrogens with zero attached hydrogens (tertiary/aromatic N) is 3. The molecule has 3 aromatic rings. The third-order valence-electron chi connectivity index (χ3n) is 7.25. The number of imidazole rings is 1. The van der Waals surface area contributed by atoms with Crippen LogP contribution in [-0.2, 0) is 17.9 Å². The quantitative estimate of drug-likeness (QED) is 0.648. The number of rotatable bonds is 4. The lowest BCUT2D eigenvalue weighted by atomic mass is 9.86. The summed E-state index contributed by atoms with van der Waals surface area (Å²) in [4.78, 5) is 33.6. The van der Waals surface area contributed by atoms with E-state index in [1.165, 1.54) is 12.1 Å². The maximum absolute atomic E-state index is 13.7. The third-order valence-corrected chi connectivity index (χ3v) is 7.25. The molecule has 0 spiro atoms. The molecule has 1 aliphatic heterocycles. The molecule has 1 aromatic heterocycles. The lowest BCUT2D eigenvalue weighted by molar-refractivity contribution is -0.134. The van der Waals surface area contributed by atoms with Crippen LogP contribution >= 0.6 is 0 Å². The van der Waals surface area contributed by atoms with Crippen LogP contribution in [-0.4, -0.2) is 37.8 Å². The van der Waals surface area contributed by atoms with Gasteiger partial charge in [-0.25, -0.2) is 9.37 Å². The lowest BCUT2D eigenvalue weighted by Crippen LogP contribution is -2.64. The highest BCUT2D eigenvalue weighted by molar-refractivity contribution is 6.01. The van der Waals surface area contributed by atoms with Gasteiger partial charge in [-0.15, -0.1) is 0 Å². The predicted molar refractivity (Wildman–Crippen MR) is 124 cm³/mol. The average molecular weight is 449 g/mol. The molecular weight excluding hydrogens is 419 g/mol. The van der Waals surface area contributed by atoms with E-state index in [-0.39, 0.29) is 30.2 Å². The second kappa shape index (κ2) is 8.28. The standard InChI is InChI=1S/C26H29FN4O2/c1-17-7-13-20(14-8-17)28-25(33)26(2)16-30-22-6-4-3-5-21(22)29-23(30)24(32)31(26)15-18-9-11-19(27)12-10-18/h3-6,9-12,17,20H,7-8,13-16H2,1-2H3,(H,28,33). The summed E-state index contributed by atoms with van der Waals surface area (Å²) in [7, 11) is 0. The maximum atomic E-state index is 13.7. The van der Waals surface area contributed by atoms with Gasteiger partial charge in [-0.05, 0) is 68.4 Å².